The molecule has 0 aliphatic rings. The number of alkyl halides is 9. The first-order valence-corrected chi connectivity index (χ1v) is 7.80. The lowest BCUT2D eigenvalue weighted by Crippen LogP contribution is -2.48. The average molecular weight is 431 g/mol. The molecular weight excluding hydrogens is 421 g/mol. The van der Waals surface area contributed by atoms with Gasteiger partial charge in [-0.05, 0) is 41.6 Å². The molecule has 0 radical (unpaired) electrons. The lowest BCUT2D eigenvalue weighted by molar-refractivity contribution is -0.156. The minimum absolute atomic E-state index is 0.0522. The van der Waals surface area contributed by atoms with Gasteiger partial charge in [-0.1, -0.05) is 0 Å². The van der Waals surface area contributed by atoms with Gasteiger partial charge in [0.25, 0.3) is 0 Å². The molecule has 2 heterocycles. The van der Waals surface area contributed by atoms with Crippen molar-refractivity contribution in [2.75, 3.05) is 11.4 Å². The van der Waals surface area contributed by atoms with Crippen molar-refractivity contribution in [1.29, 1.82) is 0 Å². The fourth-order valence-electron chi connectivity index (χ4n) is 2.82. The van der Waals surface area contributed by atoms with E-state index in [0.717, 1.165) is 16.6 Å². The molecule has 1 atom stereocenters. The first-order valence-electron chi connectivity index (χ1n) is 7.80. The van der Waals surface area contributed by atoms with Crippen molar-refractivity contribution >= 4 is 22.2 Å². The van der Waals surface area contributed by atoms with Crippen LogP contribution in [0.3, 0.4) is 0 Å². The number of nitrogens with zero attached hydrogens (tertiary/aromatic N) is 5. The zero-order valence-corrected chi connectivity index (χ0v) is 14.2. The lowest BCUT2D eigenvalue weighted by atomic mass is 10.1. The van der Waals surface area contributed by atoms with Gasteiger partial charge in [0.1, 0.15) is 12.6 Å². The van der Waals surface area contributed by atoms with Gasteiger partial charge in [0, 0.05) is 11.1 Å². The molecule has 2 aromatic heterocycles. The summed E-state index contributed by atoms with van der Waals surface area (Å²) in [6.45, 7) is -1.52. The molecule has 3 aromatic rings. The molecule has 158 valence electrons. The number of halogens is 9. The Balaban J connectivity index is 2.26. The third-order valence-electron chi connectivity index (χ3n) is 4.19. The molecule has 1 unspecified atom stereocenters. The second kappa shape index (κ2) is 6.62. The van der Waals surface area contributed by atoms with E-state index in [1.807, 2.05) is 0 Å². The van der Waals surface area contributed by atoms with Crippen LogP contribution >= 0.6 is 0 Å². The van der Waals surface area contributed by atoms with Crippen LogP contribution in [0.15, 0.2) is 24.3 Å². The molecule has 0 saturated carbocycles. The normalized spacial score (nSPS) is 14.6. The first kappa shape index (κ1) is 20.9. The maximum atomic E-state index is 13.5. The summed E-state index contributed by atoms with van der Waals surface area (Å²) in [5, 5.41) is 9.48. The van der Waals surface area contributed by atoms with Crippen LogP contribution in [-0.2, 0) is 6.18 Å². The number of rotatable bonds is 3. The van der Waals surface area contributed by atoms with E-state index >= 15 is 0 Å². The third kappa shape index (κ3) is 4.15. The van der Waals surface area contributed by atoms with E-state index in [1.165, 1.54) is 0 Å². The standard InChI is InChI=1S/C15H10F9N5/c1-7(14(19,20)21)28(6-13(16,17)18)8-2-3-11-9(4-8)10(15(22,23)24)5-12-25-26-27-29(11)12/h2-5,7H,6H2,1H3. The zero-order valence-electron chi connectivity index (χ0n) is 14.2. The van der Waals surface area contributed by atoms with E-state index in [9.17, 15) is 39.5 Å². The Morgan fingerprint density at radius 3 is 2.21 bits per heavy atom. The SMILES string of the molecule is CC(N(CC(F)(F)F)c1ccc2c(c1)c(C(F)(F)F)cc1nnnn12)C(F)(F)F. The number of hydrogen-bond acceptors (Lipinski definition) is 4. The second-order valence-corrected chi connectivity index (χ2v) is 6.17. The quantitative estimate of drug-likeness (QED) is 0.568. The Morgan fingerprint density at radius 1 is 1.00 bits per heavy atom. The highest BCUT2D eigenvalue weighted by Gasteiger charge is 2.44. The predicted molar refractivity (Wildman–Crippen MR) is 82.2 cm³/mol. The van der Waals surface area contributed by atoms with Crippen LogP contribution in [0, 0.1) is 0 Å². The minimum Gasteiger partial charge on any atom is -0.351 e. The molecule has 0 amide bonds. The van der Waals surface area contributed by atoms with Crippen LogP contribution in [0.25, 0.3) is 16.6 Å². The fourth-order valence-corrected chi connectivity index (χ4v) is 2.82. The Bertz CT molecular complexity index is 1030. The summed E-state index contributed by atoms with van der Waals surface area (Å²) in [7, 11) is 0. The summed E-state index contributed by atoms with van der Waals surface area (Å²) in [6, 6.07) is 0.376. The average Bonchev–Trinajstić information content (AvgIpc) is 3.04. The van der Waals surface area contributed by atoms with Crippen molar-refractivity contribution < 1.29 is 39.5 Å². The van der Waals surface area contributed by atoms with Crippen molar-refractivity contribution in [3.8, 4) is 0 Å². The molecule has 1 aromatic carbocycles. The zero-order chi connectivity index (χ0) is 21.8. The van der Waals surface area contributed by atoms with Gasteiger partial charge in [-0.2, -0.15) is 44.0 Å². The summed E-state index contributed by atoms with van der Waals surface area (Å²) in [5.41, 5.74) is -2.48. The van der Waals surface area contributed by atoms with Gasteiger partial charge < -0.3 is 4.90 Å². The summed E-state index contributed by atoms with van der Waals surface area (Å²) in [5.74, 6) is 0. The smallest absolute Gasteiger partial charge is 0.351 e. The predicted octanol–water partition coefficient (Wildman–Crippen LogP) is 4.62. The Morgan fingerprint density at radius 2 is 1.66 bits per heavy atom. The Hall–Kier alpha value is -2.80. The molecule has 0 spiro atoms. The molecular formula is C15H10F9N5. The van der Waals surface area contributed by atoms with Crippen LogP contribution in [0.1, 0.15) is 12.5 Å². The number of benzene rings is 1. The molecule has 0 aliphatic heterocycles. The van der Waals surface area contributed by atoms with Crippen molar-refractivity contribution in [1.82, 2.24) is 20.0 Å². The summed E-state index contributed by atoms with van der Waals surface area (Å²) < 4.78 is 119. The second-order valence-electron chi connectivity index (χ2n) is 6.17. The van der Waals surface area contributed by atoms with Crippen molar-refractivity contribution in [2.24, 2.45) is 0 Å². The lowest BCUT2D eigenvalue weighted by Gasteiger charge is -2.33. The van der Waals surface area contributed by atoms with Gasteiger partial charge in [0.15, 0.2) is 5.65 Å². The van der Waals surface area contributed by atoms with Crippen LogP contribution < -0.4 is 4.90 Å². The fraction of sp³-hybridized carbons (Fsp3) is 0.400. The van der Waals surface area contributed by atoms with Gasteiger partial charge in [-0.15, -0.1) is 5.10 Å². The molecule has 3 rings (SSSR count). The highest BCUT2D eigenvalue weighted by molar-refractivity contribution is 5.88. The Kier molecular flexibility index (Phi) is 4.78. The van der Waals surface area contributed by atoms with Crippen molar-refractivity contribution in [2.45, 2.75) is 31.5 Å². The van der Waals surface area contributed by atoms with E-state index in [0.29, 0.717) is 19.1 Å². The van der Waals surface area contributed by atoms with Crippen molar-refractivity contribution in [3.63, 3.8) is 0 Å². The van der Waals surface area contributed by atoms with Gasteiger partial charge in [-0.25, -0.2) is 0 Å². The maximum absolute atomic E-state index is 13.5. The monoisotopic (exact) mass is 431 g/mol. The van der Waals surface area contributed by atoms with Crippen LogP contribution in [0.5, 0.6) is 0 Å². The molecule has 0 saturated heterocycles. The first-order chi connectivity index (χ1) is 13.2. The number of pyridine rings is 1. The van der Waals surface area contributed by atoms with Gasteiger partial charge in [-0.3, -0.25) is 0 Å². The van der Waals surface area contributed by atoms with E-state index in [4.69, 9.17) is 0 Å². The van der Waals surface area contributed by atoms with E-state index in [1.54, 1.807) is 0 Å². The van der Waals surface area contributed by atoms with Crippen LogP contribution in [0.4, 0.5) is 45.2 Å². The third-order valence-corrected chi connectivity index (χ3v) is 4.19. The molecule has 0 N–H and O–H groups in total. The molecule has 0 aliphatic carbocycles. The van der Waals surface area contributed by atoms with E-state index < -0.39 is 47.8 Å². The summed E-state index contributed by atoms with van der Waals surface area (Å²) >= 11 is 0. The molecule has 0 bridgehead atoms. The molecule has 29 heavy (non-hydrogen) atoms. The van der Waals surface area contributed by atoms with Crippen molar-refractivity contribution in [3.05, 3.63) is 29.8 Å². The van der Waals surface area contributed by atoms with Gasteiger partial charge in [0.05, 0.1) is 11.1 Å². The summed E-state index contributed by atoms with van der Waals surface area (Å²) in [6.07, 6.45) is -15.0. The maximum Gasteiger partial charge on any atom is 0.417 e. The molecule has 5 nitrogen and oxygen atoms in total. The van der Waals surface area contributed by atoms with Gasteiger partial charge in [0.2, 0.25) is 0 Å². The van der Waals surface area contributed by atoms with Gasteiger partial charge >= 0.3 is 18.5 Å². The summed E-state index contributed by atoms with van der Waals surface area (Å²) in [4.78, 5) is -0.0522. The minimum atomic E-state index is -5.05. The van der Waals surface area contributed by atoms with E-state index in [-0.39, 0.29) is 16.1 Å². The van der Waals surface area contributed by atoms with Crippen LogP contribution in [-0.4, -0.2) is 45.0 Å². The number of hydrogen-bond donors (Lipinski definition) is 0. The number of aromatic nitrogens is 4. The van der Waals surface area contributed by atoms with Crippen LogP contribution in [0.2, 0.25) is 0 Å². The molecule has 14 heteroatoms. The Labute approximate surface area is 155 Å². The number of anilines is 1. The number of fused-ring (bicyclic) bond motifs is 3. The highest BCUT2D eigenvalue weighted by Crippen LogP contribution is 2.38. The molecule has 0 fully saturated rings. The van der Waals surface area contributed by atoms with E-state index in [2.05, 4.69) is 15.5 Å². The largest absolute Gasteiger partial charge is 0.417 e. The topological polar surface area (TPSA) is 46.3 Å². The number of tetrazole rings is 1. The highest BCUT2D eigenvalue weighted by atomic mass is 19.4.